The van der Waals surface area contributed by atoms with Gasteiger partial charge in [-0.15, -0.1) is 0 Å². The van der Waals surface area contributed by atoms with Crippen molar-refractivity contribution < 1.29 is 9.53 Å². The minimum atomic E-state index is -0.301. The summed E-state index contributed by atoms with van der Waals surface area (Å²) in [6, 6.07) is 9.18. The van der Waals surface area contributed by atoms with E-state index in [4.69, 9.17) is 4.74 Å². The summed E-state index contributed by atoms with van der Waals surface area (Å²) >= 11 is 3.27. The number of carbonyl (C=O) groups excluding carboxylic acids is 1. The maximum atomic E-state index is 11.8. The fourth-order valence-electron chi connectivity index (χ4n) is 1.70. The van der Waals surface area contributed by atoms with E-state index in [1.807, 2.05) is 31.2 Å². The van der Waals surface area contributed by atoms with Gasteiger partial charge >= 0.3 is 0 Å². The molecule has 6 heteroatoms. The van der Waals surface area contributed by atoms with Crippen LogP contribution in [-0.2, 0) is 0 Å². The normalized spacial score (nSPS) is 11.2. The van der Waals surface area contributed by atoms with Gasteiger partial charge in [0.05, 0.1) is 12.8 Å². The van der Waals surface area contributed by atoms with Gasteiger partial charge in [-0.2, -0.15) is 5.10 Å². The number of carbonyl (C=O) groups is 1. The number of hydrogen-bond donors (Lipinski definition) is 2. The van der Waals surface area contributed by atoms with Crippen molar-refractivity contribution in [3.8, 4) is 5.75 Å². The van der Waals surface area contributed by atoms with Crippen LogP contribution in [0.4, 0.5) is 0 Å². The highest BCUT2D eigenvalue weighted by Crippen LogP contribution is 2.18. The van der Waals surface area contributed by atoms with Crippen LogP contribution in [0, 0.1) is 0 Å². The third-order valence-corrected chi connectivity index (χ3v) is 3.17. The first-order valence-electron chi connectivity index (χ1n) is 5.93. The molecule has 0 spiro atoms. The number of methoxy groups -OCH3 is 1. The van der Waals surface area contributed by atoms with Gasteiger partial charge in [0.2, 0.25) is 0 Å². The number of aromatic nitrogens is 1. The average molecular weight is 336 g/mol. The Bertz CT molecular complexity index is 649. The first-order valence-corrected chi connectivity index (χ1v) is 6.73. The Labute approximate surface area is 125 Å². The van der Waals surface area contributed by atoms with Crippen LogP contribution in [0.3, 0.4) is 0 Å². The molecular formula is C14H14BrN3O2. The van der Waals surface area contributed by atoms with Gasteiger partial charge < -0.3 is 9.72 Å². The van der Waals surface area contributed by atoms with Crippen molar-refractivity contribution in [3.63, 3.8) is 0 Å². The summed E-state index contributed by atoms with van der Waals surface area (Å²) in [5.74, 6) is 0.413. The number of hydrogen-bond acceptors (Lipinski definition) is 3. The number of rotatable bonds is 4. The molecule has 5 nitrogen and oxygen atoms in total. The van der Waals surface area contributed by atoms with Crippen molar-refractivity contribution in [3.05, 3.63) is 52.3 Å². The Morgan fingerprint density at radius 2 is 2.15 bits per heavy atom. The van der Waals surface area contributed by atoms with Gasteiger partial charge in [-0.3, -0.25) is 4.79 Å². The molecule has 2 rings (SSSR count). The number of amides is 1. The van der Waals surface area contributed by atoms with E-state index >= 15 is 0 Å². The summed E-state index contributed by atoms with van der Waals surface area (Å²) in [7, 11) is 1.60. The van der Waals surface area contributed by atoms with E-state index in [1.165, 1.54) is 0 Å². The number of H-pyrrole nitrogens is 1. The highest BCUT2D eigenvalue weighted by Gasteiger charge is 2.08. The molecule has 0 aliphatic heterocycles. The first-order chi connectivity index (χ1) is 9.61. The molecule has 0 fully saturated rings. The maximum absolute atomic E-state index is 11.8. The molecule has 0 radical (unpaired) electrons. The number of para-hydroxylation sites is 1. The summed E-state index contributed by atoms with van der Waals surface area (Å²) in [6.07, 6.45) is 1.69. The molecule has 0 atom stereocenters. The van der Waals surface area contributed by atoms with Gasteiger partial charge in [0.25, 0.3) is 5.91 Å². The molecule has 2 N–H and O–H groups in total. The molecule has 0 unspecified atom stereocenters. The molecular weight excluding hydrogens is 322 g/mol. The van der Waals surface area contributed by atoms with Gasteiger partial charge in [0, 0.05) is 16.2 Å². The molecule has 0 bridgehead atoms. The average Bonchev–Trinajstić information content (AvgIpc) is 2.91. The number of nitrogens with zero attached hydrogens (tertiary/aromatic N) is 1. The highest BCUT2D eigenvalue weighted by atomic mass is 79.9. The quantitative estimate of drug-likeness (QED) is 0.666. The topological polar surface area (TPSA) is 66.5 Å². The highest BCUT2D eigenvalue weighted by molar-refractivity contribution is 9.10. The van der Waals surface area contributed by atoms with Crippen LogP contribution in [0.2, 0.25) is 0 Å². The van der Waals surface area contributed by atoms with Crippen LogP contribution in [0.5, 0.6) is 5.75 Å². The molecule has 1 amide bonds. The summed E-state index contributed by atoms with van der Waals surface area (Å²) < 4.78 is 6.07. The van der Waals surface area contributed by atoms with Crippen LogP contribution < -0.4 is 10.2 Å². The molecule has 0 aliphatic rings. The van der Waals surface area contributed by atoms with Gasteiger partial charge in [-0.25, -0.2) is 5.43 Å². The molecule has 1 aromatic carbocycles. The third kappa shape index (κ3) is 3.27. The second-order valence-corrected chi connectivity index (χ2v) is 4.99. The second-order valence-electron chi connectivity index (χ2n) is 4.07. The SMILES string of the molecule is COc1ccccc1/C(C)=N\NC(=O)c1cc(Br)c[nH]1. The fraction of sp³-hybridized carbons (Fsp3) is 0.143. The van der Waals surface area contributed by atoms with Crippen molar-refractivity contribution >= 4 is 27.5 Å². The number of ether oxygens (including phenoxy) is 1. The lowest BCUT2D eigenvalue weighted by Gasteiger charge is -2.07. The zero-order valence-electron chi connectivity index (χ0n) is 11.1. The predicted molar refractivity (Wildman–Crippen MR) is 81.2 cm³/mol. The lowest BCUT2D eigenvalue weighted by molar-refractivity contribution is 0.0950. The maximum Gasteiger partial charge on any atom is 0.287 e. The van der Waals surface area contributed by atoms with Crippen LogP contribution in [0.25, 0.3) is 0 Å². The number of nitrogens with one attached hydrogen (secondary N) is 2. The summed E-state index contributed by atoms with van der Waals surface area (Å²) in [6.45, 7) is 1.81. The van der Waals surface area contributed by atoms with Crippen molar-refractivity contribution in [1.29, 1.82) is 0 Å². The van der Waals surface area contributed by atoms with E-state index < -0.39 is 0 Å². The van der Waals surface area contributed by atoms with Crippen LogP contribution in [-0.4, -0.2) is 23.7 Å². The van der Waals surface area contributed by atoms with Crippen molar-refractivity contribution in [2.24, 2.45) is 5.10 Å². The molecule has 0 saturated carbocycles. The minimum Gasteiger partial charge on any atom is -0.496 e. The monoisotopic (exact) mass is 335 g/mol. The standard InChI is InChI=1S/C14H14BrN3O2/c1-9(11-5-3-4-6-13(11)20-2)17-18-14(19)12-7-10(15)8-16-12/h3-8,16H,1-2H3,(H,18,19)/b17-9-. The Morgan fingerprint density at radius 3 is 2.80 bits per heavy atom. The Hall–Kier alpha value is -2.08. The summed E-state index contributed by atoms with van der Waals surface area (Å²) in [5, 5.41) is 4.09. The molecule has 104 valence electrons. The van der Waals surface area contributed by atoms with E-state index in [1.54, 1.807) is 19.4 Å². The zero-order valence-corrected chi connectivity index (χ0v) is 12.7. The van der Waals surface area contributed by atoms with E-state index in [2.05, 4.69) is 31.4 Å². The molecule has 2 aromatic rings. The first kappa shape index (κ1) is 14.3. The van der Waals surface area contributed by atoms with Gasteiger partial charge in [-0.05, 0) is 41.1 Å². The van der Waals surface area contributed by atoms with E-state index in [0.717, 1.165) is 10.0 Å². The molecule has 0 saturated heterocycles. The van der Waals surface area contributed by atoms with Gasteiger partial charge in [-0.1, -0.05) is 12.1 Å². The Kier molecular flexibility index (Phi) is 4.57. The number of aromatic amines is 1. The van der Waals surface area contributed by atoms with Gasteiger partial charge in [0.1, 0.15) is 11.4 Å². The van der Waals surface area contributed by atoms with Crippen LogP contribution in [0.15, 0.2) is 46.1 Å². The lowest BCUT2D eigenvalue weighted by Crippen LogP contribution is -2.19. The summed E-state index contributed by atoms with van der Waals surface area (Å²) in [5.41, 5.74) is 4.45. The smallest absolute Gasteiger partial charge is 0.287 e. The number of benzene rings is 1. The van der Waals surface area contributed by atoms with E-state index in [0.29, 0.717) is 17.2 Å². The van der Waals surface area contributed by atoms with Crippen molar-refractivity contribution in [2.75, 3.05) is 7.11 Å². The molecule has 20 heavy (non-hydrogen) atoms. The third-order valence-electron chi connectivity index (χ3n) is 2.71. The molecule has 0 aliphatic carbocycles. The molecule has 1 heterocycles. The summed E-state index contributed by atoms with van der Waals surface area (Å²) in [4.78, 5) is 14.7. The Balaban J connectivity index is 2.13. The lowest BCUT2D eigenvalue weighted by atomic mass is 10.1. The van der Waals surface area contributed by atoms with E-state index in [-0.39, 0.29) is 5.91 Å². The zero-order chi connectivity index (χ0) is 14.5. The minimum absolute atomic E-state index is 0.301. The van der Waals surface area contributed by atoms with Crippen molar-refractivity contribution in [1.82, 2.24) is 10.4 Å². The second kappa shape index (κ2) is 6.38. The molecule has 1 aromatic heterocycles. The van der Waals surface area contributed by atoms with Gasteiger partial charge in [0.15, 0.2) is 0 Å². The number of hydrazone groups is 1. The van der Waals surface area contributed by atoms with Crippen LogP contribution in [0.1, 0.15) is 23.0 Å². The Morgan fingerprint density at radius 1 is 1.40 bits per heavy atom. The predicted octanol–water partition coefficient (Wildman–Crippen LogP) is 2.94. The fourth-order valence-corrected chi connectivity index (χ4v) is 2.04. The van der Waals surface area contributed by atoms with E-state index in [9.17, 15) is 4.79 Å². The largest absolute Gasteiger partial charge is 0.496 e. The van der Waals surface area contributed by atoms with Crippen molar-refractivity contribution in [2.45, 2.75) is 6.92 Å². The number of halogens is 1. The van der Waals surface area contributed by atoms with Crippen LogP contribution >= 0.6 is 15.9 Å².